The molecule has 3 aromatic rings. The molecule has 0 aromatic carbocycles. The van der Waals surface area contributed by atoms with E-state index in [9.17, 15) is 9.59 Å². The molecule has 1 unspecified atom stereocenters. The largest absolute Gasteiger partial charge is 0.354 e. The highest BCUT2D eigenvalue weighted by molar-refractivity contribution is 5.92. The average Bonchev–Trinajstić information content (AvgIpc) is 3.12. The summed E-state index contributed by atoms with van der Waals surface area (Å²) in [5, 5.41) is 11.6. The Labute approximate surface area is 185 Å². The summed E-state index contributed by atoms with van der Waals surface area (Å²) in [5.41, 5.74) is 1.35. The highest BCUT2D eigenvalue weighted by atomic mass is 16.2. The van der Waals surface area contributed by atoms with E-state index in [1.54, 1.807) is 23.7 Å². The Hall–Kier alpha value is -3.60. The van der Waals surface area contributed by atoms with E-state index >= 15 is 0 Å². The number of aromatic nitrogens is 6. The zero-order valence-electron chi connectivity index (χ0n) is 18.7. The van der Waals surface area contributed by atoms with E-state index in [2.05, 4.69) is 42.3 Å². The van der Waals surface area contributed by atoms with Gasteiger partial charge in [0.15, 0.2) is 5.82 Å². The minimum atomic E-state index is -0.846. The Balaban J connectivity index is 1.52. The van der Waals surface area contributed by atoms with Gasteiger partial charge in [0, 0.05) is 44.0 Å². The van der Waals surface area contributed by atoms with Gasteiger partial charge in [0.1, 0.15) is 24.0 Å². The van der Waals surface area contributed by atoms with Crippen molar-refractivity contribution in [2.24, 2.45) is 0 Å². The fourth-order valence-electron chi connectivity index (χ4n) is 3.63. The van der Waals surface area contributed by atoms with Gasteiger partial charge in [-0.25, -0.2) is 19.3 Å². The number of amides is 1. The molecule has 4 heterocycles. The molecule has 1 N–H and O–H groups in total. The van der Waals surface area contributed by atoms with Gasteiger partial charge >= 0.3 is 0 Å². The standard InChI is InChI=1S/C21H27N9O2/c1-14-11-15(2)29(25-14)18-5-6-20(31)30(26-18)16(3)21(32)24-17-12-19(23-13-22-17)28-9-7-27(4)8-10-28/h5-6,11-13,16H,7-10H2,1-4H3,(H,22,23,24,32). The summed E-state index contributed by atoms with van der Waals surface area (Å²) in [5.74, 6) is 1.22. The molecule has 0 spiro atoms. The minimum absolute atomic E-state index is 0.376. The SMILES string of the molecule is Cc1cc(C)n(-c2ccc(=O)n(C(C)C(=O)Nc3cc(N4CCN(C)CC4)ncn3)n2)n1. The predicted octanol–water partition coefficient (Wildman–Crippen LogP) is 0.787. The van der Waals surface area contributed by atoms with E-state index in [0.717, 1.165) is 48.1 Å². The van der Waals surface area contributed by atoms with Crippen molar-refractivity contribution in [3.05, 3.63) is 52.3 Å². The Morgan fingerprint density at radius 1 is 1.03 bits per heavy atom. The van der Waals surface area contributed by atoms with Crippen molar-refractivity contribution in [3.8, 4) is 5.82 Å². The quantitative estimate of drug-likeness (QED) is 0.623. The fourth-order valence-corrected chi connectivity index (χ4v) is 3.63. The Morgan fingerprint density at radius 2 is 1.78 bits per heavy atom. The molecule has 3 aromatic heterocycles. The molecule has 1 saturated heterocycles. The van der Waals surface area contributed by atoms with Gasteiger partial charge < -0.3 is 15.1 Å². The maximum atomic E-state index is 12.9. The van der Waals surface area contributed by atoms with Crippen molar-refractivity contribution < 1.29 is 4.79 Å². The van der Waals surface area contributed by atoms with E-state index in [1.165, 1.54) is 12.4 Å². The summed E-state index contributed by atoms with van der Waals surface area (Å²) in [6.45, 7) is 9.02. The van der Waals surface area contributed by atoms with Crippen LogP contribution in [0.4, 0.5) is 11.6 Å². The smallest absolute Gasteiger partial charge is 0.267 e. The van der Waals surface area contributed by atoms with Gasteiger partial charge in [0.05, 0.1) is 5.69 Å². The molecular formula is C21H27N9O2. The third kappa shape index (κ3) is 4.52. The van der Waals surface area contributed by atoms with Crippen molar-refractivity contribution in [3.63, 3.8) is 0 Å². The molecule has 1 atom stereocenters. The number of hydrogen-bond donors (Lipinski definition) is 1. The maximum absolute atomic E-state index is 12.9. The summed E-state index contributed by atoms with van der Waals surface area (Å²) < 4.78 is 2.80. The zero-order valence-corrected chi connectivity index (χ0v) is 18.7. The number of carbonyl (C=O) groups excluding carboxylic acids is 1. The number of nitrogens with one attached hydrogen (secondary N) is 1. The number of hydrogen-bond acceptors (Lipinski definition) is 8. The van der Waals surface area contributed by atoms with Crippen LogP contribution in [0.15, 0.2) is 35.4 Å². The second-order valence-corrected chi connectivity index (χ2v) is 8.03. The number of rotatable bonds is 5. The zero-order chi connectivity index (χ0) is 22.8. The van der Waals surface area contributed by atoms with Crippen molar-refractivity contribution in [2.45, 2.75) is 26.8 Å². The number of piperazine rings is 1. The summed E-state index contributed by atoms with van der Waals surface area (Å²) in [4.78, 5) is 38.2. The summed E-state index contributed by atoms with van der Waals surface area (Å²) in [7, 11) is 2.09. The van der Waals surface area contributed by atoms with Gasteiger partial charge in [-0.1, -0.05) is 0 Å². The lowest BCUT2D eigenvalue weighted by Gasteiger charge is -2.33. The lowest BCUT2D eigenvalue weighted by Crippen LogP contribution is -2.44. The van der Waals surface area contributed by atoms with Crippen molar-refractivity contribution in [2.75, 3.05) is 43.4 Å². The van der Waals surface area contributed by atoms with Crippen LogP contribution in [0.2, 0.25) is 0 Å². The van der Waals surface area contributed by atoms with Crippen LogP contribution in [0.3, 0.4) is 0 Å². The van der Waals surface area contributed by atoms with Crippen LogP contribution in [-0.4, -0.2) is 73.6 Å². The molecule has 1 amide bonds. The van der Waals surface area contributed by atoms with Crippen LogP contribution >= 0.6 is 0 Å². The van der Waals surface area contributed by atoms with E-state index in [0.29, 0.717) is 11.6 Å². The Bertz CT molecular complexity index is 1180. The van der Waals surface area contributed by atoms with E-state index in [-0.39, 0.29) is 5.56 Å². The monoisotopic (exact) mass is 437 g/mol. The first-order valence-corrected chi connectivity index (χ1v) is 10.5. The van der Waals surface area contributed by atoms with Crippen molar-refractivity contribution in [1.29, 1.82) is 0 Å². The van der Waals surface area contributed by atoms with Crippen LogP contribution in [0.5, 0.6) is 0 Å². The highest BCUT2D eigenvalue weighted by Gasteiger charge is 2.21. The third-order valence-corrected chi connectivity index (χ3v) is 5.52. The molecule has 1 aliphatic rings. The van der Waals surface area contributed by atoms with Gasteiger partial charge in [0.25, 0.3) is 5.56 Å². The number of likely N-dealkylation sites (N-methyl/N-ethyl adjacent to an activating group) is 1. The lowest BCUT2D eigenvalue weighted by molar-refractivity contribution is -0.119. The van der Waals surface area contributed by atoms with Crippen LogP contribution in [0, 0.1) is 13.8 Å². The molecule has 0 bridgehead atoms. The van der Waals surface area contributed by atoms with Crippen LogP contribution in [-0.2, 0) is 4.79 Å². The normalized spacial score (nSPS) is 15.6. The molecule has 1 aliphatic heterocycles. The molecular weight excluding hydrogens is 410 g/mol. The molecule has 4 rings (SSSR count). The Morgan fingerprint density at radius 3 is 2.47 bits per heavy atom. The summed E-state index contributed by atoms with van der Waals surface area (Å²) >= 11 is 0. The topological polar surface area (TPSA) is 114 Å². The minimum Gasteiger partial charge on any atom is -0.354 e. The van der Waals surface area contributed by atoms with Crippen LogP contribution < -0.4 is 15.8 Å². The first-order valence-electron chi connectivity index (χ1n) is 10.5. The van der Waals surface area contributed by atoms with Gasteiger partial charge in [-0.3, -0.25) is 9.59 Å². The number of anilines is 2. The number of aryl methyl sites for hydroxylation is 2. The molecule has 1 fully saturated rings. The lowest BCUT2D eigenvalue weighted by atomic mass is 10.3. The van der Waals surface area contributed by atoms with Gasteiger partial charge in [0.2, 0.25) is 5.91 Å². The molecule has 0 aliphatic carbocycles. The van der Waals surface area contributed by atoms with E-state index in [4.69, 9.17) is 0 Å². The molecule has 168 valence electrons. The molecule has 0 radical (unpaired) electrons. The fraction of sp³-hybridized carbons (Fsp3) is 0.429. The first kappa shape index (κ1) is 21.6. The van der Waals surface area contributed by atoms with Crippen LogP contribution in [0.25, 0.3) is 5.82 Å². The highest BCUT2D eigenvalue weighted by Crippen LogP contribution is 2.17. The van der Waals surface area contributed by atoms with Crippen molar-refractivity contribution in [1.82, 2.24) is 34.4 Å². The molecule has 11 heteroatoms. The molecule has 11 nitrogen and oxygen atoms in total. The van der Waals surface area contributed by atoms with Gasteiger partial charge in [-0.05, 0) is 40.0 Å². The Kier molecular flexibility index (Phi) is 5.99. The first-order chi connectivity index (χ1) is 15.3. The van der Waals surface area contributed by atoms with Gasteiger partial charge in [-0.2, -0.15) is 5.10 Å². The summed E-state index contributed by atoms with van der Waals surface area (Å²) in [6, 6.07) is 5.80. The molecule has 0 saturated carbocycles. The second-order valence-electron chi connectivity index (χ2n) is 8.03. The summed E-state index contributed by atoms with van der Waals surface area (Å²) in [6.07, 6.45) is 1.43. The average molecular weight is 438 g/mol. The predicted molar refractivity (Wildman–Crippen MR) is 120 cm³/mol. The second kappa shape index (κ2) is 8.87. The van der Waals surface area contributed by atoms with Crippen molar-refractivity contribution >= 4 is 17.5 Å². The molecule has 32 heavy (non-hydrogen) atoms. The third-order valence-electron chi connectivity index (χ3n) is 5.52. The van der Waals surface area contributed by atoms with Crippen LogP contribution in [0.1, 0.15) is 24.4 Å². The maximum Gasteiger partial charge on any atom is 0.267 e. The van der Waals surface area contributed by atoms with E-state index in [1.807, 2.05) is 19.9 Å². The van der Waals surface area contributed by atoms with Gasteiger partial charge in [-0.15, -0.1) is 5.10 Å². The van der Waals surface area contributed by atoms with E-state index < -0.39 is 11.9 Å². The number of nitrogens with zero attached hydrogens (tertiary/aromatic N) is 8. The number of carbonyl (C=O) groups is 1.